The van der Waals surface area contributed by atoms with Gasteiger partial charge in [-0.25, -0.2) is 9.97 Å². The molecule has 0 unspecified atom stereocenters. The summed E-state index contributed by atoms with van der Waals surface area (Å²) in [5.74, 6) is 2.76. The van der Waals surface area contributed by atoms with Crippen LogP contribution in [0.4, 0.5) is 5.82 Å². The molecule has 0 saturated heterocycles. The summed E-state index contributed by atoms with van der Waals surface area (Å²) in [6.07, 6.45) is 6.56. The second-order valence-corrected chi connectivity index (χ2v) is 6.53. The first-order chi connectivity index (χ1) is 9.81. The first-order valence-electron chi connectivity index (χ1n) is 7.53. The van der Waals surface area contributed by atoms with E-state index < -0.39 is 0 Å². The van der Waals surface area contributed by atoms with Crippen molar-refractivity contribution in [3.05, 3.63) is 17.6 Å². The molecule has 5 heteroatoms. The predicted octanol–water partition coefficient (Wildman–Crippen LogP) is 3.62. The van der Waals surface area contributed by atoms with Crippen molar-refractivity contribution >= 4 is 17.6 Å². The first-order valence-corrected chi connectivity index (χ1v) is 8.58. The van der Waals surface area contributed by atoms with Crippen LogP contribution < -0.4 is 5.32 Å². The molecule has 1 heterocycles. The van der Waals surface area contributed by atoms with Gasteiger partial charge in [0.15, 0.2) is 0 Å². The van der Waals surface area contributed by atoms with Crippen molar-refractivity contribution < 1.29 is 4.74 Å². The fraction of sp³-hybridized carbons (Fsp3) is 0.733. The SMILES string of the molecule is CCCNc1cc(COC)nc(CSC2CCCC2)n1. The van der Waals surface area contributed by atoms with Crippen molar-refractivity contribution in [3.63, 3.8) is 0 Å². The highest BCUT2D eigenvalue weighted by Gasteiger charge is 2.16. The molecule has 1 aliphatic rings. The van der Waals surface area contributed by atoms with E-state index in [1.54, 1.807) is 7.11 Å². The van der Waals surface area contributed by atoms with Crippen LogP contribution in [-0.4, -0.2) is 28.9 Å². The molecule has 1 saturated carbocycles. The van der Waals surface area contributed by atoms with Gasteiger partial charge in [0.25, 0.3) is 0 Å². The van der Waals surface area contributed by atoms with E-state index in [4.69, 9.17) is 4.74 Å². The largest absolute Gasteiger partial charge is 0.378 e. The van der Waals surface area contributed by atoms with Crippen LogP contribution >= 0.6 is 11.8 Å². The van der Waals surface area contributed by atoms with Crippen LogP contribution in [0.1, 0.15) is 50.5 Å². The van der Waals surface area contributed by atoms with Gasteiger partial charge in [-0.3, -0.25) is 0 Å². The highest BCUT2D eigenvalue weighted by atomic mass is 32.2. The highest BCUT2D eigenvalue weighted by Crippen LogP contribution is 2.31. The van der Waals surface area contributed by atoms with Crippen LogP contribution in [0.25, 0.3) is 0 Å². The lowest BCUT2D eigenvalue weighted by Gasteiger charge is -2.11. The summed E-state index contributed by atoms with van der Waals surface area (Å²) in [4.78, 5) is 9.21. The molecular weight excluding hydrogens is 270 g/mol. The molecule has 1 aromatic heterocycles. The molecule has 20 heavy (non-hydrogen) atoms. The number of hydrogen-bond acceptors (Lipinski definition) is 5. The maximum Gasteiger partial charge on any atom is 0.140 e. The first kappa shape index (κ1) is 15.6. The number of ether oxygens (including phenoxy) is 1. The molecule has 0 amide bonds. The summed E-state index contributed by atoms with van der Waals surface area (Å²) in [5, 5.41) is 4.15. The Morgan fingerprint density at radius 1 is 1.35 bits per heavy atom. The van der Waals surface area contributed by atoms with Gasteiger partial charge in [0, 0.05) is 25.0 Å². The number of thioether (sulfide) groups is 1. The van der Waals surface area contributed by atoms with E-state index in [2.05, 4.69) is 22.2 Å². The Morgan fingerprint density at radius 3 is 2.85 bits per heavy atom. The topological polar surface area (TPSA) is 47.0 Å². The quantitative estimate of drug-likeness (QED) is 0.793. The van der Waals surface area contributed by atoms with Gasteiger partial charge in [0.05, 0.1) is 18.1 Å². The van der Waals surface area contributed by atoms with Crippen LogP contribution in [-0.2, 0) is 17.1 Å². The molecule has 112 valence electrons. The second-order valence-electron chi connectivity index (χ2n) is 5.24. The predicted molar refractivity (Wildman–Crippen MR) is 85.1 cm³/mol. The molecule has 0 radical (unpaired) electrons. The fourth-order valence-corrected chi connectivity index (χ4v) is 3.61. The van der Waals surface area contributed by atoms with E-state index in [-0.39, 0.29) is 0 Å². The Balaban J connectivity index is 1.98. The smallest absolute Gasteiger partial charge is 0.140 e. The van der Waals surface area contributed by atoms with Crippen LogP contribution in [0.5, 0.6) is 0 Å². The lowest BCUT2D eigenvalue weighted by atomic mass is 10.3. The van der Waals surface area contributed by atoms with Gasteiger partial charge in [-0.15, -0.1) is 0 Å². The van der Waals surface area contributed by atoms with E-state index in [1.807, 2.05) is 17.8 Å². The third-order valence-corrected chi connectivity index (χ3v) is 4.79. The zero-order chi connectivity index (χ0) is 14.2. The van der Waals surface area contributed by atoms with Gasteiger partial charge < -0.3 is 10.1 Å². The molecule has 2 rings (SSSR count). The summed E-state index contributed by atoms with van der Waals surface area (Å²) in [5.41, 5.74) is 0.961. The number of rotatable bonds is 8. The van der Waals surface area contributed by atoms with E-state index in [0.717, 1.165) is 41.3 Å². The average molecular weight is 295 g/mol. The Bertz CT molecular complexity index is 408. The molecule has 0 aliphatic heterocycles. The Hall–Kier alpha value is -0.810. The van der Waals surface area contributed by atoms with Gasteiger partial charge in [0.2, 0.25) is 0 Å². The van der Waals surface area contributed by atoms with Gasteiger partial charge in [-0.05, 0) is 19.3 Å². The molecule has 4 nitrogen and oxygen atoms in total. The third-order valence-electron chi connectivity index (χ3n) is 3.42. The monoisotopic (exact) mass is 295 g/mol. The molecule has 0 spiro atoms. The van der Waals surface area contributed by atoms with Crippen molar-refractivity contribution in [2.24, 2.45) is 0 Å². The van der Waals surface area contributed by atoms with E-state index >= 15 is 0 Å². The number of methoxy groups -OCH3 is 1. The number of anilines is 1. The minimum absolute atomic E-state index is 0.546. The van der Waals surface area contributed by atoms with Crippen LogP contribution in [0.2, 0.25) is 0 Å². The summed E-state index contributed by atoms with van der Waals surface area (Å²) in [7, 11) is 1.70. The summed E-state index contributed by atoms with van der Waals surface area (Å²) in [6, 6.07) is 1.99. The lowest BCUT2D eigenvalue weighted by Crippen LogP contribution is -2.08. The van der Waals surface area contributed by atoms with Crippen LogP contribution in [0, 0.1) is 0 Å². The van der Waals surface area contributed by atoms with Crippen molar-refractivity contribution in [2.45, 2.75) is 56.6 Å². The highest BCUT2D eigenvalue weighted by molar-refractivity contribution is 7.99. The molecule has 1 aromatic rings. The zero-order valence-corrected chi connectivity index (χ0v) is 13.3. The average Bonchev–Trinajstić information content (AvgIpc) is 2.96. The zero-order valence-electron chi connectivity index (χ0n) is 12.5. The Morgan fingerprint density at radius 2 is 2.15 bits per heavy atom. The standard InChI is InChI=1S/C15H25N3OS/c1-3-8-16-14-9-12(10-19-2)17-15(18-14)11-20-13-6-4-5-7-13/h9,13H,3-8,10-11H2,1-2H3,(H,16,17,18). The molecule has 1 fully saturated rings. The number of nitrogens with one attached hydrogen (secondary N) is 1. The van der Waals surface area contributed by atoms with Gasteiger partial charge in [-0.2, -0.15) is 11.8 Å². The van der Waals surface area contributed by atoms with E-state index in [9.17, 15) is 0 Å². The van der Waals surface area contributed by atoms with Gasteiger partial charge in [-0.1, -0.05) is 19.8 Å². The van der Waals surface area contributed by atoms with Crippen molar-refractivity contribution in [2.75, 3.05) is 19.0 Å². The van der Waals surface area contributed by atoms with Crippen molar-refractivity contribution in [1.29, 1.82) is 0 Å². The summed E-state index contributed by atoms with van der Waals surface area (Å²) >= 11 is 2.00. The number of hydrogen-bond donors (Lipinski definition) is 1. The molecular formula is C15H25N3OS. The molecule has 1 N–H and O–H groups in total. The molecule has 0 bridgehead atoms. The fourth-order valence-electron chi connectivity index (χ4n) is 2.43. The van der Waals surface area contributed by atoms with Crippen LogP contribution in [0.15, 0.2) is 6.07 Å². The van der Waals surface area contributed by atoms with Gasteiger partial charge >= 0.3 is 0 Å². The summed E-state index contributed by atoms with van der Waals surface area (Å²) < 4.78 is 5.20. The van der Waals surface area contributed by atoms with E-state index in [0.29, 0.717) is 6.61 Å². The van der Waals surface area contributed by atoms with E-state index in [1.165, 1.54) is 25.7 Å². The maximum atomic E-state index is 5.20. The van der Waals surface area contributed by atoms with Crippen molar-refractivity contribution in [1.82, 2.24) is 9.97 Å². The Kier molecular flexibility index (Phi) is 6.60. The minimum atomic E-state index is 0.546. The number of nitrogens with zero attached hydrogens (tertiary/aromatic N) is 2. The second kappa shape index (κ2) is 8.47. The maximum absolute atomic E-state index is 5.20. The number of aromatic nitrogens is 2. The molecule has 0 atom stereocenters. The summed E-state index contributed by atoms with van der Waals surface area (Å²) in [6.45, 7) is 3.64. The Labute approximate surface area is 126 Å². The van der Waals surface area contributed by atoms with Crippen LogP contribution in [0.3, 0.4) is 0 Å². The normalized spacial score (nSPS) is 15.7. The molecule has 1 aliphatic carbocycles. The van der Waals surface area contributed by atoms with Crippen molar-refractivity contribution in [3.8, 4) is 0 Å². The minimum Gasteiger partial charge on any atom is -0.378 e. The third kappa shape index (κ3) is 4.94. The van der Waals surface area contributed by atoms with Gasteiger partial charge in [0.1, 0.15) is 11.6 Å². The molecule has 0 aromatic carbocycles. The lowest BCUT2D eigenvalue weighted by molar-refractivity contribution is 0.181.